The van der Waals surface area contributed by atoms with Crippen LogP contribution in [-0.2, 0) is 0 Å². The van der Waals surface area contributed by atoms with Gasteiger partial charge in [0, 0.05) is 15.4 Å². The van der Waals surface area contributed by atoms with Gasteiger partial charge in [0.2, 0.25) is 0 Å². The van der Waals surface area contributed by atoms with E-state index < -0.39 is 0 Å². The zero-order valence-corrected chi connectivity index (χ0v) is 9.34. The van der Waals surface area contributed by atoms with E-state index in [1.165, 1.54) is 9.79 Å². The number of fused-ring (bicyclic) bond motifs is 2. The van der Waals surface area contributed by atoms with Crippen molar-refractivity contribution in [2.24, 2.45) is 0 Å². The van der Waals surface area contributed by atoms with Crippen LogP contribution in [0.4, 0.5) is 11.4 Å². The molecule has 2 aromatic carbocycles. The molecule has 2 heteroatoms. The molecule has 0 fully saturated rings. The summed E-state index contributed by atoms with van der Waals surface area (Å²) < 4.78 is 0. The summed E-state index contributed by atoms with van der Waals surface area (Å²) in [5, 5.41) is 3.40. The Morgan fingerprint density at radius 1 is 1.00 bits per heavy atom. The number of nitrogens with one attached hydrogen (secondary N) is 1. The van der Waals surface area contributed by atoms with Gasteiger partial charge in [-0.25, -0.2) is 0 Å². The van der Waals surface area contributed by atoms with Crippen LogP contribution in [-0.4, -0.2) is 0 Å². The number of rotatable bonds is 0. The highest BCUT2D eigenvalue weighted by molar-refractivity contribution is 7.99. The van der Waals surface area contributed by atoms with Crippen LogP contribution in [0.3, 0.4) is 0 Å². The van der Waals surface area contributed by atoms with Crippen molar-refractivity contribution in [3.05, 3.63) is 48.0 Å². The number of anilines is 2. The Morgan fingerprint density at radius 2 is 1.81 bits per heavy atom. The van der Waals surface area contributed by atoms with Crippen LogP contribution in [0.5, 0.6) is 0 Å². The van der Waals surface area contributed by atoms with Gasteiger partial charge < -0.3 is 5.32 Å². The Hall–Kier alpha value is -1.85. The number of benzene rings is 2. The molecule has 16 heavy (non-hydrogen) atoms. The number of para-hydroxylation sites is 2. The van der Waals surface area contributed by atoms with E-state index in [0.717, 1.165) is 16.9 Å². The lowest BCUT2D eigenvalue weighted by Gasteiger charge is -2.21. The highest BCUT2D eigenvalue weighted by Crippen LogP contribution is 2.44. The van der Waals surface area contributed by atoms with Crippen molar-refractivity contribution in [3.63, 3.8) is 0 Å². The number of terminal acetylenes is 1. The van der Waals surface area contributed by atoms with Crippen LogP contribution in [0, 0.1) is 12.3 Å². The predicted octanol–water partition coefficient (Wildman–Crippen LogP) is 3.88. The molecule has 0 unspecified atom stereocenters. The molecule has 0 saturated heterocycles. The van der Waals surface area contributed by atoms with Gasteiger partial charge >= 0.3 is 0 Å². The average molecular weight is 223 g/mol. The molecule has 0 bridgehead atoms. The SMILES string of the molecule is C#Cc1cccc2c1Nc1ccccc1S2. The lowest BCUT2D eigenvalue weighted by atomic mass is 10.1. The monoisotopic (exact) mass is 223 g/mol. The third kappa shape index (κ3) is 1.37. The fourth-order valence-electron chi connectivity index (χ4n) is 1.78. The molecule has 0 radical (unpaired) electrons. The molecule has 1 aliphatic heterocycles. The van der Waals surface area contributed by atoms with E-state index in [-0.39, 0.29) is 0 Å². The number of hydrogen-bond acceptors (Lipinski definition) is 2. The van der Waals surface area contributed by atoms with Gasteiger partial charge in [-0.2, -0.15) is 0 Å². The van der Waals surface area contributed by atoms with Crippen molar-refractivity contribution in [2.75, 3.05) is 5.32 Å². The van der Waals surface area contributed by atoms with E-state index in [0.29, 0.717) is 0 Å². The molecular formula is C14H9NS. The Kier molecular flexibility index (Phi) is 2.12. The van der Waals surface area contributed by atoms with E-state index in [2.05, 4.69) is 29.4 Å². The summed E-state index contributed by atoms with van der Waals surface area (Å²) in [5.74, 6) is 2.71. The van der Waals surface area contributed by atoms with Crippen LogP contribution in [0.25, 0.3) is 0 Å². The molecule has 0 spiro atoms. The van der Waals surface area contributed by atoms with E-state index in [9.17, 15) is 0 Å². The molecule has 0 amide bonds. The molecule has 76 valence electrons. The highest BCUT2D eigenvalue weighted by atomic mass is 32.2. The molecule has 0 aromatic heterocycles. The maximum absolute atomic E-state index is 5.49. The van der Waals surface area contributed by atoms with Gasteiger partial charge in [0.1, 0.15) is 0 Å². The van der Waals surface area contributed by atoms with Crippen LogP contribution < -0.4 is 5.32 Å². The number of hydrogen-bond donors (Lipinski definition) is 1. The minimum absolute atomic E-state index is 0.916. The first-order valence-electron chi connectivity index (χ1n) is 5.02. The Bertz CT molecular complexity index is 596. The summed E-state index contributed by atoms with van der Waals surface area (Å²) in [6, 6.07) is 14.3. The van der Waals surface area contributed by atoms with Gasteiger partial charge in [0.25, 0.3) is 0 Å². The molecule has 1 aliphatic rings. The van der Waals surface area contributed by atoms with Crippen LogP contribution in [0.2, 0.25) is 0 Å². The van der Waals surface area contributed by atoms with E-state index in [1.807, 2.05) is 24.3 Å². The summed E-state index contributed by atoms with van der Waals surface area (Å²) in [7, 11) is 0. The molecule has 2 aromatic rings. The van der Waals surface area contributed by atoms with Gasteiger partial charge in [0.05, 0.1) is 11.4 Å². The smallest absolute Gasteiger partial charge is 0.0685 e. The Labute approximate surface area is 98.9 Å². The molecule has 1 heterocycles. The Balaban J connectivity index is 2.16. The first kappa shape index (κ1) is 9.38. The van der Waals surface area contributed by atoms with E-state index in [4.69, 9.17) is 6.42 Å². The second-order valence-electron chi connectivity index (χ2n) is 3.55. The zero-order valence-electron chi connectivity index (χ0n) is 8.53. The zero-order chi connectivity index (χ0) is 11.0. The van der Waals surface area contributed by atoms with Crippen LogP contribution in [0.1, 0.15) is 5.56 Å². The minimum atomic E-state index is 0.916. The van der Waals surface area contributed by atoms with Crippen LogP contribution in [0.15, 0.2) is 52.3 Å². The molecule has 0 saturated carbocycles. The minimum Gasteiger partial charge on any atom is -0.353 e. The van der Waals surface area contributed by atoms with E-state index in [1.54, 1.807) is 11.8 Å². The fourth-order valence-corrected chi connectivity index (χ4v) is 2.80. The van der Waals surface area contributed by atoms with Gasteiger partial charge in [-0.3, -0.25) is 0 Å². The van der Waals surface area contributed by atoms with Gasteiger partial charge in [-0.15, -0.1) is 6.42 Å². The highest BCUT2D eigenvalue weighted by Gasteiger charge is 2.16. The topological polar surface area (TPSA) is 12.0 Å². The summed E-state index contributed by atoms with van der Waals surface area (Å²) >= 11 is 1.75. The molecule has 3 rings (SSSR count). The van der Waals surface area contributed by atoms with Crippen molar-refractivity contribution in [2.45, 2.75) is 9.79 Å². The summed E-state index contributed by atoms with van der Waals surface area (Å²) in [6.07, 6.45) is 5.49. The summed E-state index contributed by atoms with van der Waals surface area (Å²) in [5.41, 5.74) is 3.09. The standard InChI is InChI=1S/C14H9NS/c1-2-10-6-5-9-13-14(10)15-11-7-3-4-8-12(11)16-13/h1,3-9,15H. The Morgan fingerprint density at radius 3 is 2.69 bits per heavy atom. The third-order valence-corrected chi connectivity index (χ3v) is 3.68. The lowest BCUT2D eigenvalue weighted by molar-refractivity contribution is 1.31. The van der Waals surface area contributed by atoms with Gasteiger partial charge in [0.15, 0.2) is 0 Å². The first-order chi connectivity index (χ1) is 7.88. The quantitative estimate of drug-likeness (QED) is 0.580. The first-order valence-corrected chi connectivity index (χ1v) is 5.83. The van der Waals surface area contributed by atoms with Crippen LogP contribution >= 0.6 is 11.8 Å². The van der Waals surface area contributed by atoms with Crippen molar-refractivity contribution in [1.29, 1.82) is 0 Å². The van der Waals surface area contributed by atoms with Crippen molar-refractivity contribution in [1.82, 2.24) is 0 Å². The molecule has 1 nitrogen and oxygen atoms in total. The largest absolute Gasteiger partial charge is 0.353 e. The fraction of sp³-hybridized carbons (Fsp3) is 0. The van der Waals surface area contributed by atoms with Gasteiger partial charge in [-0.05, 0) is 24.3 Å². The van der Waals surface area contributed by atoms with E-state index >= 15 is 0 Å². The summed E-state index contributed by atoms with van der Waals surface area (Å²) in [4.78, 5) is 2.43. The molecule has 0 aliphatic carbocycles. The second-order valence-corrected chi connectivity index (χ2v) is 4.63. The molecule has 0 atom stereocenters. The summed E-state index contributed by atoms with van der Waals surface area (Å²) in [6.45, 7) is 0. The second kappa shape index (κ2) is 3.62. The predicted molar refractivity (Wildman–Crippen MR) is 68.2 cm³/mol. The van der Waals surface area contributed by atoms with Gasteiger partial charge in [-0.1, -0.05) is 35.9 Å². The van der Waals surface area contributed by atoms with Crippen molar-refractivity contribution >= 4 is 23.1 Å². The third-order valence-electron chi connectivity index (χ3n) is 2.55. The maximum Gasteiger partial charge on any atom is 0.0685 e. The lowest BCUT2D eigenvalue weighted by Crippen LogP contribution is -2.01. The van der Waals surface area contributed by atoms with Crippen molar-refractivity contribution in [3.8, 4) is 12.3 Å². The van der Waals surface area contributed by atoms with Crippen molar-refractivity contribution < 1.29 is 0 Å². The average Bonchev–Trinajstić information content (AvgIpc) is 2.35. The molecular weight excluding hydrogens is 214 g/mol. The molecule has 1 N–H and O–H groups in total. The maximum atomic E-state index is 5.49. The normalized spacial score (nSPS) is 11.9.